The van der Waals surface area contributed by atoms with Crippen LogP contribution in [0.15, 0.2) is 59.1 Å². The Kier molecular flexibility index (Phi) is 4.42. The zero-order valence-corrected chi connectivity index (χ0v) is 14.3. The molecular formula is C19H20N4S. The highest BCUT2D eigenvalue weighted by molar-refractivity contribution is 7.13. The molecule has 1 aliphatic rings. The van der Waals surface area contributed by atoms with Gasteiger partial charge in [-0.1, -0.05) is 24.3 Å². The first-order chi connectivity index (χ1) is 11.9. The zero-order chi connectivity index (χ0) is 16.2. The molecule has 0 unspecified atom stereocenters. The third kappa shape index (κ3) is 3.26. The van der Waals surface area contributed by atoms with E-state index in [2.05, 4.69) is 40.9 Å². The standard InChI is InChI=1S/C19H20N4S/c1-3-8-17(9-4-1)23-15-16(14-20-22-11-5-2-6-12-22)19(21-23)18-10-7-13-24-18/h1,3-4,7-10,13-15H,2,5-6,11-12H2/b20-14+. The molecule has 3 aromatic rings. The lowest BCUT2D eigenvalue weighted by Crippen LogP contribution is -2.24. The van der Waals surface area contributed by atoms with Crippen LogP contribution in [0, 0.1) is 0 Å². The quantitative estimate of drug-likeness (QED) is 0.661. The number of hydrogen-bond acceptors (Lipinski definition) is 4. The first kappa shape index (κ1) is 15.1. The van der Waals surface area contributed by atoms with Gasteiger partial charge in [-0.2, -0.15) is 10.2 Å². The molecule has 2 aromatic heterocycles. The van der Waals surface area contributed by atoms with Gasteiger partial charge < -0.3 is 0 Å². The Labute approximate surface area is 146 Å². The van der Waals surface area contributed by atoms with Crippen LogP contribution >= 0.6 is 11.3 Å². The molecule has 0 N–H and O–H groups in total. The van der Waals surface area contributed by atoms with E-state index in [4.69, 9.17) is 10.2 Å². The van der Waals surface area contributed by atoms with E-state index in [1.54, 1.807) is 11.3 Å². The Morgan fingerprint density at radius 2 is 1.83 bits per heavy atom. The van der Waals surface area contributed by atoms with Gasteiger partial charge in [0.1, 0.15) is 5.69 Å². The molecule has 0 bridgehead atoms. The Balaban J connectivity index is 1.68. The van der Waals surface area contributed by atoms with Crippen LogP contribution in [-0.4, -0.2) is 34.1 Å². The fraction of sp³-hybridized carbons (Fsp3) is 0.263. The summed E-state index contributed by atoms with van der Waals surface area (Å²) in [6.45, 7) is 2.11. The summed E-state index contributed by atoms with van der Waals surface area (Å²) in [4.78, 5) is 1.17. The largest absolute Gasteiger partial charge is 0.297 e. The number of piperidine rings is 1. The lowest BCUT2D eigenvalue weighted by molar-refractivity contribution is 0.240. The first-order valence-electron chi connectivity index (χ1n) is 8.38. The monoisotopic (exact) mass is 336 g/mol. The molecule has 5 heteroatoms. The summed E-state index contributed by atoms with van der Waals surface area (Å²) >= 11 is 1.71. The number of benzene rings is 1. The molecule has 0 aliphatic carbocycles. The van der Waals surface area contributed by atoms with Crippen LogP contribution in [-0.2, 0) is 0 Å². The third-order valence-corrected chi connectivity index (χ3v) is 5.09. The van der Waals surface area contributed by atoms with Gasteiger partial charge in [0.05, 0.1) is 16.8 Å². The van der Waals surface area contributed by atoms with Crippen LogP contribution < -0.4 is 0 Å². The van der Waals surface area contributed by atoms with Gasteiger partial charge in [-0.05, 0) is 42.8 Å². The minimum Gasteiger partial charge on any atom is -0.297 e. The van der Waals surface area contributed by atoms with Crippen LogP contribution in [0.25, 0.3) is 16.3 Å². The summed E-state index contributed by atoms with van der Waals surface area (Å²) in [7, 11) is 0. The Bertz CT molecular complexity index is 799. The van der Waals surface area contributed by atoms with Crippen molar-refractivity contribution in [2.75, 3.05) is 13.1 Å². The minimum atomic E-state index is 0.995. The number of para-hydroxylation sites is 1. The summed E-state index contributed by atoms with van der Waals surface area (Å²) < 4.78 is 1.94. The highest BCUT2D eigenvalue weighted by Crippen LogP contribution is 2.27. The second kappa shape index (κ2) is 7.01. The maximum Gasteiger partial charge on any atom is 0.112 e. The highest BCUT2D eigenvalue weighted by atomic mass is 32.1. The van der Waals surface area contributed by atoms with Gasteiger partial charge in [-0.15, -0.1) is 11.3 Å². The van der Waals surface area contributed by atoms with Crippen LogP contribution in [0.3, 0.4) is 0 Å². The topological polar surface area (TPSA) is 33.4 Å². The summed E-state index contributed by atoms with van der Waals surface area (Å²) in [5.74, 6) is 0. The van der Waals surface area contributed by atoms with Crippen LogP contribution in [0.1, 0.15) is 24.8 Å². The van der Waals surface area contributed by atoms with Crippen molar-refractivity contribution in [1.29, 1.82) is 0 Å². The van der Waals surface area contributed by atoms with E-state index in [9.17, 15) is 0 Å². The van der Waals surface area contributed by atoms with Crippen molar-refractivity contribution in [1.82, 2.24) is 14.8 Å². The number of thiophene rings is 1. The summed E-state index contributed by atoms with van der Waals surface area (Å²) in [5, 5.41) is 13.7. The molecule has 122 valence electrons. The van der Waals surface area contributed by atoms with Gasteiger partial charge in [0.25, 0.3) is 0 Å². The molecule has 4 nitrogen and oxygen atoms in total. The van der Waals surface area contributed by atoms with Crippen LogP contribution in [0.5, 0.6) is 0 Å². The van der Waals surface area contributed by atoms with E-state index >= 15 is 0 Å². The molecule has 1 aliphatic heterocycles. The Morgan fingerprint density at radius 1 is 1.00 bits per heavy atom. The van der Waals surface area contributed by atoms with Gasteiger partial charge >= 0.3 is 0 Å². The van der Waals surface area contributed by atoms with Crippen molar-refractivity contribution in [3.05, 3.63) is 59.6 Å². The van der Waals surface area contributed by atoms with Crippen LogP contribution in [0.2, 0.25) is 0 Å². The Hall–Kier alpha value is -2.40. The molecule has 0 spiro atoms. The number of rotatable bonds is 4. The van der Waals surface area contributed by atoms with E-state index < -0.39 is 0 Å². The molecule has 0 radical (unpaired) electrons. The van der Waals surface area contributed by atoms with Crippen LogP contribution in [0.4, 0.5) is 0 Å². The van der Waals surface area contributed by atoms with Crippen molar-refractivity contribution < 1.29 is 0 Å². The lowest BCUT2D eigenvalue weighted by atomic mass is 10.2. The van der Waals surface area contributed by atoms with E-state index in [0.717, 1.165) is 30.0 Å². The first-order valence-corrected chi connectivity index (χ1v) is 9.26. The molecule has 1 saturated heterocycles. The highest BCUT2D eigenvalue weighted by Gasteiger charge is 2.13. The lowest BCUT2D eigenvalue weighted by Gasteiger charge is -2.23. The molecule has 0 amide bonds. The number of aromatic nitrogens is 2. The zero-order valence-electron chi connectivity index (χ0n) is 13.5. The van der Waals surface area contributed by atoms with Gasteiger partial charge in [-0.3, -0.25) is 5.01 Å². The van der Waals surface area contributed by atoms with E-state index in [-0.39, 0.29) is 0 Å². The minimum absolute atomic E-state index is 0.995. The molecule has 0 atom stereocenters. The number of hydrogen-bond donors (Lipinski definition) is 0. The van der Waals surface area contributed by atoms with Gasteiger partial charge in [0, 0.05) is 24.8 Å². The van der Waals surface area contributed by atoms with Crippen molar-refractivity contribution in [2.45, 2.75) is 19.3 Å². The maximum atomic E-state index is 4.80. The average molecular weight is 336 g/mol. The van der Waals surface area contributed by atoms with Crippen molar-refractivity contribution in [3.8, 4) is 16.3 Å². The average Bonchev–Trinajstić information content (AvgIpc) is 3.31. The van der Waals surface area contributed by atoms with Gasteiger partial charge in [0.2, 0.25) is 0 Å². The number of hydrazone groups is 1. The van der Waals surface area contributed by atoms with Gasteiger partial charge in [0.15, 0.2) is 0 Å². The summed E-state index contributed by atoms with van der Waals surface area (Å²) in [5.41, 5.74) is 3.12. The van der Waals surface area contributed by atoms with E-state index in [1.165, 1.54) is 24.1 Å². The number of nitrogens with zero attached hydrogens (tertiary/aromatic N) is 4. The molecular weight excluding hydrogens is 316 g/mol. The second-order valence-electron chi connectivity index (χ2n) is 5.95. The fourth-order valence-corrected chi connectivity index (χ4v) is 3.67. The fourth-order valence-electron chi connectivity index (χ4n) is 2.94. The van der Waals surface area contributed by atoms with Crippen molar-refractivity contribution in [2.24, 2.45) is 5.10 Å². The predicted molar refractivity (Wildman–Crippen MR) is 99.9 cm³/mol. The summed E-state index contributed by atoms with van der Waals surface area (Å²) in [6, 6.07) is 14.4. The Morgan fingerprint density at radius 3 is 2.58 bits per heavy atom. The molecule has 24 heavy (non-hydrogen) atoms. The SMILES string of the molecule is C(=N\N1CCCCC1)/c1cn(-c2ccccc2)nc1-c1cccs1. The van der Waals surface area contributed by atoms with E-state index in [0.29, 0.717) is 0 Å². The van der Waals surface area contributed by atoms with E-state index in [1.807, 2.05) is 29.1 Å². The predicted octanol–water partition coefficient (Wildman–Crippen LogP) is 4.42. The molecule has 0 saturated carbocycles. The normalized spacial score (nSPS) is 15.2. The molecule has 3 heterocycles. The maximum absolute atomic E-state index is 4.80. The second-order valence-corrected chi connectivity index (χ2v) is 6.90. The molecule has 4 rings (SSSR count). The molecule has 1 fully saturated rings. The molecule has 1 aromatic carbocycles. The van der Waals surface area contributed by atoms with Gasteiger partial charge in [-0.25, -0.2) is 4.68 Å². The smallest absolute Gasteiger partial charge is 0.112 e. The van der Waals surface area contributed by atoms with Crippen molar-refractivity contribution in [3.63, 3.8) is 0 Å². The van der Waals surface area contributed by atoms with Crippen molar-refractivity contribution >= 4 is 17.6 Å². The summed E-state index contributed by atoms with van der Waals surface area (Å²) in [6.07, 6.45) is 7.82. The third-order valence-electron chi connectivity index (χ3n) is 4.21.